The van der Waals surface area contributed by atoms with Gasteiger partial charge in [0.1, 0.15) is 11.6 Å². The maximum Gasteiger partial charge on any atom is 0.315 e. The third kappa shape index (κ3) is 4.54. The molecule has 0 bridgehead atoms. The van der Waals surface area contributed by atoms with Crippen molar-refractivity contribution in [3.63, 3.8) is 0 Å². The Bertz CT molecular complexity index is 1080. The molecule has 0 unspecified atom stereocenters. The molecule has 8 nitrogen and oxygen atoms in total. The molecule has 1 aromatic carbocycles. The fourth-order valence-corrected chi connectivity index (χ4v) is 4.38. The van der Waals surface area contributed by atoms with Gasteiger partial charge in [-0.1, -0.05) is 18.2 Å². The summed E-state index contributed by atoms with van der Waals surface area (Å²) in [5, 5.41) is 15.3. The number of amides is 2. The van der Waals surface area contributed by atoms with Gasteiger partial charge < -0.3 is 16.0 Å². The third-order valence-corrected chi connectivity index (χ3v) is 6.21. The molecule has 0 radical (unpaired) electrons. The van der Waals surface area contributed by atoms with Crippen molar-refractivity contribution in [2.45, 2.75) is 76.4 Å². The van der Waals surface area contributed by atoms with Crippen LogP contribution < -0.4 is 16.0 Å². The number of carbonyl (C=O) groups is 1. The van der Waals surface area contributed by atoms with Crippen molar-refractivity contribution in [2.75, 3.05) is 5.32 Å². The second kappa shape index (κ2) is 8.76. The normalized spacial score (nSPS) is 21.0. The molecule has 2 aliphatic carbocycles. The summed E-state index contributed by atoms with van der Waals surface area (Å²) < 4.78 is 1.90. The van der Waals surface area contributed by atoms with Crippen LogP contribution in [0.15, 0.2) is 36.5 Å². The fourth-order valence-electron chi connectivity index (χ4n) is 4.38. The monoisotopic (exact) mass is 433 g/mol. The van der Waals surface area contributed by atoms with E-state index in [0.717, 1.165) is 66.9 Å². The summed E-state index contributed by atoms with van der Waals surface area (Å²) in [7, 11) is 0. The van der Waals surface area contributed by atoms with E-state index in [4.69, 9.17) is 9.97 Å². The molecule has 2 saturated carbocycles. The van der Waals surface area contributed by atoms with E-state index in [9.17, 15) is 4.79 Å². The van der Waals surface area contributed by atoms with Crippen LogP contribution in [0.3, 0.4) is 0 Å². The smallest absolute Gasteiger partial charge is 0.315 e. The van der Waals surface area contributed by atoms with E-state index in [1.165, 1.54) is 0 Å². The van der Waals surface area contributed by atoms with E-state index in [1.807, 2.05) is 55.1 Å². The molecule has 32 heavy (non-hydrogen) atoms. The summed E-state index contributed by atoms with van der Waals surface area (Å²) in [5.74, 6) is 2.25. The van der Waals surface area contributed by atoms with E-state index >= 15 is 0 Å². The lowest BCUT2D eigenvalue weighted by Gasteiger charge is -2.30. The molecule has 2 aromatic heterocycles. The minimum absolute atomic E-state index is 0.0729. The van der Waals surface area contributed by atoms with Gasteiger partial charge in [0.25, 0.3) is 0 Å². The third-order valence-electron chi connectivity index (χ3n) is 6.21. The largest absolute Gasteiger partial charge is 0.367 e. The van der Waals surface area contributed by atoms with Gasteiger partial charge >= 0.3 is 6.03 Å². The number of para-hydroxylation sites is 1. The lowest BCUT2D eigenvalue weighted by Crippen LogP contribution is -2.46. The molecule has 5 rings (SSSR count). The van der Waals surface area contributed by atoms with E-state index in [-0.39, 0.29) is 18.1 Å². The molecule has 3 aromatic rings. The van der Waals surface area contributed by atoms with Crippen LogP contribution in [0.25, 0.3) is 16.7 Å². The second-order valence-corrected chi connectivity index (χ2v) is 9.30. The molecule has 3 N–H and O–H groups in total. The SMILES string of the molecule is CC(C)NC(=O)NC1CCC(Nc2nc(C3CC3)nc3c2cnn3-c2ccccc2)CC1. The van der Waals surface area contributed by atoms with Gasteiger partial charge in [-0.15, -0.1) is 0 Å². The Balaban J connectivity index is 1.33. The number of aromatic nitrogens is 4. The number of anilines is 1. The van der Waals surface area contributed by atoms with Gasteiger partial charge in [0.15, 0.2) is 5.65 Å². The predicted octanol–water partition coefficient (Wildman–Crippen LogP) is 4.12. The summed E-state index contributed by atoms with van der Waals surface area (Å²) >= 11 is 0. The number of hydrogen-bond donors (Lipinski definition) is 3. The van der Waals surface area contributed by atoms with Crippen molar-refractivity contribution in [1.82, 2.24) is 30.4 Å². The molecule has 2 fully saturated rings. The van der Waals surface area contributed by atoms with Crippen LogP contribution in [0.1, 0.15) is 64.1 Å². The van der Waals surface area contributed by atoms with Crippen LogP contribution in [0.2, 0.25) is 0 Å². The first kappa shape index (κ1) is 20.7. The average Bonchev–Trinajstić information content (AvgIpc) is 3.54. The van der Waals surface area contributed by atoms with Crippen LogP contribution in [0.4, 0.5) is 10.6 Å². The van der Waals surface area contributed by atoms with Crippen LogP contribution in [0.5, 0.6) is 0 Å². The summed E-state index contributed by atoms with van der Waals surface area (Å²) in [5.41, 5.74) is 1.86. The second-order valence-electron chi connectivity index (χ2n) is 9.30. The first-order valence-electron chi connectivity index (χ1n) is 11.7. The Morgan fingerprint density at radius 3 is 2.41 bits per heavy atom. The van der Waals surface area contributed by atoms with Crippen molar-refractivity contribution in [3.8, 4) is 5.69 Å². The zero-order valence-corrected chi connectivity index (χ0v) is 18.7. The van der Waals surface area contributed by atoms with Gasteiger partial charge in [-0.05, 0) is 64.5 Å². The highest BCUT2D eigenvalue weighted by atomic mass is 16.2. The van der Waals surface area contributed by atoms with E-state index in [0.29, 0.717) is 12.0 Å². The van der Waals surface area contributed by atoms with E-state index < -0.39 is 0 Å². The average molecular weight is 434 g/mol. The number of nitrogens with one attached hydrogen (secondary N) is 3. The van der Waals surface area contributed by atoms with Gasteiger partial charge in [0.05, 0.1) is 17.3 Å². The highest BCUT2D eigenvalue weighted by Crippen LogP contribution is 2.40. The molecule has 2 aliphatic rings. The molecular formula is C24H31N7O. The lowest BCUT2D eigenvalue weighted by atomic mass is 9.91. The highest BCUT2D eigenvalue weighted by Gasteiger charge is 2.29. The minimum Gasteiger partial charge on any atom is -0.367 e. The minimum atomic E-state index is -0.0729. The van der Waals surface area contributed by atoms with Gasteiger partial charge in [-0.2, -0.15) is 5.10 Å². The van der Waals surface area contributed by atoms with Crippen molar-refractivity contribution >= 4 is 22.9 Å². The quantitative estimate of drug-likeness (QED) is 0.543. The van der Waals surface area contributed by atoms with Gasteiger partial charge in [-0.25, -0.2) is 19.4 Å². The van der Waals surface area contributed by atoms with Gasteiger partial charge in [0, 0.05) is 24.0 Å². The molecule has 2 amide bonds. The standard InChI is InChI=1S/C24H31N7O/c1-15(2)26-24(32)28-18-12-10-17(11-13-18)27-22-20-14-25-31(19-6-4-3-5-7-19)23(20)30-21(29-22)16-8-9-16/h3-7,14-18H,8-13H2,1-2H3,(H2,26,28,32)(H,27,29,30). The topological polar surface area (TPSA) is 96.8 Å². The summed E-state index contributed by atoms with van der Waals surface area (Å²) in [4.78, 5) is 21.8. The van der Waals surface area contributed by atoms with Crippen molar-refractivity contribution in [2.24, 2.45) is 0 Å². The van der Waals surface area contributed by atoms with Gasteiger partial charge in [-0.3, -0.25) is 0 Å². The predicted molar refractivity (Wildman–Crippen MR) is 125 cm³/mol. The van der Waals surface area contributed by atoms with Gasteiger partial charge in [0.2, 0.25) is 0 Å². The summed E-state index contributed by atoms with van der Waals surface area (Å²) in [6.45, 7) is 3.94. The Morgan fingerprint density at radius 2 is 1.72 bits per heavy atom. The highest BCUT2D eigenvalue weighted by molar-refractivity contribution is 5.87. The lowest BCUT2D eigenvalue weighted by molar-refractivity contribution is 0.229. The molecule has 0 saturated heterocycles. The molecule has 168 valence electrons. The first-order valence-corrected chi connectivity index (χ1v) is 11.7. The summed E-state index contributed by atoms with van der Waals surface area (Å²) in [6.07, 6.45) is 8.06. The van der Waals surface area contributed by atoms with Crippen molar-refractivity contribution < 1.29 is 4.79 Å². The fraction of sp³-hybridized carbons (Fsp3) is 0.500. The van der Waals surface area contributed by atoms with Crippen molar-refractivity contribution in [1.29, 1.82) is 0 Å². The summed E-state index contributed by atoms with van der Waals surface area (Å²) in [6, 6.07) is 10.7. The van der Waals surface area contributed by atoms with Crippen LogP contribution >= 0.6 is 0 Å². The Hall–Kier alpha value is -3.16. The van der Waals surface area contributed by atoms with Crippen LogP contribution in [-0.2, 0) is 0 Å². The number of urea groups is 1. The van der Waals surface area contributed by atoms with E-state index in [2.05, 4.69) is 21.0 Å². The number of carbonyl (C=O) groups excluding carboxylic acids is 1. The molecule has 0 atom stereocenters. The number of fused-ring (bicyclic) bond motifs is 1. The molecule has 0 aliphatic heterocycles. The zero-order valence-electron chi connectivity index (χ0n) is 18.7. The number of hydrogen-bond acceptors (Lipinski definition) is 5. The Labute approximate surface area is 188 Å². The number of benzene rings is 1. The molecular weight excluding hydrogens is 402 g/mol. The molecule has 2 heterocycles. The van der Waals surface area contributed by atoms with Crippen molar-refractivity contribution in [3.05, 3.63) is 42.4 Å². The zero-order chi connectivity index (χ0) is 22.1. The molecule has 8 heteroatoms. The maximum atomic E-state index is 12.0. The number of rotatable bonds is 6. The maximum absolute atomic E-state index is 12.0. The Morgan fingerprint density at radius 1 is 1.00 bits per heavy atom. The van der Waals surface area contributed by atoms with Crippen LogP contribution in [0, 0.1) is 0 Å². The number of nitrogens with zero attached hydrogens (tertiary/aromatic N) is 4. The first-order chi connectivity index (χ1) is 15.6. The van der Waals surface area contributed by atoms with Crippen LogP contribution in [-0.4, -0.2) is 43.9 Å². The molecule has 0 spiro atoms. The Kier molecular flexibility index (Phi) is 5.68. The van der Waals surface area contributed by atoms with E-state index in [1.54, 1.807) is 0 Å².